The van der Waals surface area contributed by atoms with E-state index < -0.39 is 29.4 Å². The van der Waals surface area contributed by atoms with Crippen LogP contribution in [-0.4, -0.2) is 28.0 Å². The van der Waals surface area contributed by atoms with E-state index in [9.17, 15) is 22.8 Å². The average molecular weight is 487 g/mol. The molecule has 34 heavy (non-hydrogen) atoms. The van der Waals surface area contributed by atoms with Gasteiger partial charge in [0.05, 0.1) is 11.1 Å². The van der Waals surface area contributed by atoms with Gasteiger partial charge in [0.25, 0.3) is 11.8 Å². The molecule has 2 amide bonds. The zero-order valence-electron chi connectivity index (χ0n) is 18.5. The minimum Gasteiger partial charge on any atom is -0.488 e. The summed E-state index contributed by atoms with van der Waals surface area (Å²) in [4.78, 5) is 25.4. The highest BCUT2D eigenvalue weighted by Gasteiger charge is 2.39. The monoisotopic (exact) mass is 487 g/mol. The normalized spacial score (nSPS) is 14.4. The number of hydrogen-bond donors (Lipinski definition) is 0. The first-order valence-electron chi connectivity index (χ1n) is 10.3. The second-order valence-corrected chi connectivity index (χ2v) is 9.33. The molecule has 0 unspecified atom stereocenters. The van der Waals surface area contributed by atoms with E-state index in [1.807, 2.05) is 57.2 Å². The van der Waals surface area contributed by atoms with Crippen LogP contribution in [0, 0.1) is 0 Å². The number of carbonyl (C=O) groups is 2. The van der Waals surface area contributed by atoms with E-state index in [0.29, 0.717) is 10.8 Å². The number of nitrogens with zero attached hydrogens (tertiary/aromatic N) is 1. The summed E-state index contributed by atoms with van der Waals surface area (Å²) in [5, 5.41) is 1.15. The van der Waals surface area contributed by atoms with Gasteiger partial charge >= 0.3 is 5.51 Å². The van der Waals surface area contributed by atoms with Gasteiger partial charge in [-0.3, -0.25) is 9.59 Å². The summed E-state index contributed by atoms with van der Waals surface area (Å²) in [5.74, 6) is -1.15. The van der Waals surface area contributed by atoms with Crippen LogP contribution >= 0.6 is 12.0 Å². The molecule has 0 atom stereocenters. The number of alkyl halides is 3. The van der Waals surface area contributed by atoms with Crippen molar-refractivity contribution in [1.29, 1.82) is 0 Å². The molecule has 0 aromatic heterocycles. The lowest BCUT2D eigenvalue weighted by molar-refractivity contribution is -0.0570. The van der Waals surface area contributed by atoms with Crippen LogP contribution < -0.4 is 4.74 Å². The zero-order chi connectivity index (χ0) is 24.7. The van der Waals surface area contributed by atoms with E-state index in [0.717, 1.165) is 16.9 Å². The molecule has 3 aromatic carbocycles. The molecule has 0 aliphatic carbocycles. The van der Waals surface area contributed by atoms with E-state index in [-0.39, 0.29) is 21.8 Å². The quantitative estimate of drug-likeness (QED) is 0.223. The lowest BCUT2D eigenvalue weighted by Gasteiger charge is -2.25. The van der Waals surface area contributed by atoms with Crippen molar-refractivity contribution >= 4 is 46.8 Å². The van der Waals surface area contributed by atoms with E-state index in [1.165, 1.54) is 12.1 Å². The molecule has 5 nitrogen and oxygen atoms in total. The predicted octanol–water partition coefficient (Wildman–Crippen LogP) is 6.88. The fraction of sp³-hybridized carbons (Fsp3) is 0.200. The number of amides is 2. The number of imide groups is 1. The minimum absolute atomic E-state index is 0.0915. The van der Waals surface area contributed by atoms with Crippen molar-refractivity contribution in [2.45, 2.75) is 31.9 Å². The molecule has 0 saturated heterocycles. The molecule has 0 radical (unpaired) electrons. The first-order valence-corrected chi connectivity index (χ1v) is 11.0. The molecule has 0 fully saturated rings. The number of hydroxylamine groups is 2. The maximum atomic E-state index is 12.7. The largest absolute Gasteiger partial charge is 0.488 e. The summed E-state index contributed by atoms with van der Waals surface area (Å²) in [7, 11) is 0. The Hall–Kier alpha value is -3.30. The SMILES string of the molecule is CC(C)(C)Oc1ccc(/C=C/c2ccc3c4c(cccc24)C(=O)N(OSC(F)(F)F)C3=O)cc1. The standard InChI is InChI=1S/C25H20F3NO4S/c1-24(2,3)32-17-12-8-15(9-13-17)7-10-16-11-14-20-21-18(16)5-4-6-19(21)22(30)29(23(20)31)33-34-25(26,27)28/h4-14H,1-3H3/b10-7+. The van der Waals surface area contributed by atoms with Gasteiger partial charge in [-0.25, -0.2) is 0 Å². The molecule has 1 heterocycles. The molecular formula is C25H20F3NO4S. The van der Waals surface area contributed by atoms with Crippen LogP contribution in [0.1, 0.15) is 52.6 Å². The Kier molecular flexibility index (Phi) is 6.18. The second kappa shape index (κ2) is 8.81. The molecule has 176 valence electrons. The van der Waals surface area contributed by atoms with Gasteiger partial charge in [0.2, 0.25) is 0 Å². The molecule has 1 aliphatic heterocycles. The van der Waals surface area contributed by atoms with Gasteiger partial charge in [0, 0.05) is 5.39 Å². The Morgan fingerprint density at radius 2 is 1.50 bits per heavy atom. The smallest absolute Gasteiger partial charge is 0.470 e. The number of ether oxygens (including phenoxy) is 1. The van der Waals surface area contributed by atoms with Crippen molar-refractivity contribution in [3.63, 3.8) is 0 Å². The molecule has 1 aliphatic rings. The first kappa shape index (κ1) is 23.8. The summed E-state index contributed by atoms with van der Waals surface area (Å²) in [6, 6.07) is 15.5. The summed E-state index contributed by atoms with van der Waals surface area (Å²) in [6.45, 7) is 5.90. The third-order valence-corrected chi connectivity index (χ3v) is 5.28. The van der Waals surface area contributed by atoms with Crippen molar-refractivity contribution in [2.75, 3.05) is 0 Å². The predicted molar refractivity (Wildman–Crippen MR) is 125 cm³/mol. The Labute approximate surface area is 198 Å². The Morgan fingerprint density at radius 3 is 2.12 bits per heavy atom. The molecule has 3 aromatic rings. The number of benzene rings is 3. The van der Waals surface area contributed by atoms with Crippen LogP contribution in [0.15, 0.2) is 54.6 Å². The maximum Gasteiger partial charge on any atom is 0.470 e. The van der Waals surface area contributed by atoms with Gasteiger partial charge in [-0.1, -0.05) is 42.5 Å². The molecule has 4 rings (SSSR count). The maximum absolute atomic E-state index is 12.7. The topological polar surface area (TPSA) is 55.8 Å². The zero-order valence-corrected chi connectivity index (χ0v) is 19.3. The van der Waals surface area contributed by atoms with Crippen LogP contribution in [0.25, 0.3) is 22.9 Å². The highest BCUT2D eigenvalue weighted by molar-refractivity contribution is 7.95. The van der Waals surface area contributed by atoms with Crippen LogP contribution in [0.2, 0.25) is 0 Å². The summed E-state index contributed by atoms with van der Waals surface area (Å²) < 4.78 is 47.9. The van der Waals surface area contributed by atoms with Crippen LogP contribution in [-0.2, 0) is 4.28 Å². The van der Waals surface area contributed by atoms with Gasteiger partial charge < -0.3 is 4.74 Å². The fourth-order valence-electron chi connectivity index (χ4n) is 3.58. The van der Waals surface area contributed by atoms with Crippen LogP contribution in [0.4, 0.5) is 13.2 Å². The summed E-state index contributed by atoms with van der Waals surface area (Å²) in [5.41, 5.74) is -3.23. The second-order valence-electron chi connectivity index (χ2n) is 8.56. The van der Waals surface area contributed by atoms with Crippen molar-refractivity contribution in [3.8, 4) is 5.75 Å². The number of carbonyl (C=O) groups excluding carboxylic acids is 2. The molecule has 0 saturated carbocycles. The van der Waals surface area contributed by atoms with Crippen molar-refractivity contribution in [3.05, 3.63) is 76.9 Å². The van der Waals surface area contributed by atoms with Crippen LogP contribution in [0.3, 0.4) is 0 Å². The Balaban J connectivity index is 1.65. The number of halogens is 3. The lowest BCUT2D eigenvalue weighted by Crippen LogP contribution is -2.39. The Morgan fingerprint density at radius 1 is 0.853 bits per heavy atom. The van der Waals surface area contributed by atoms with Crippen LogP contribution in [0.5, 0.6) is 5.75 Å². The average Bonchev–Trinajstić information content (AvgIpc) is 2.75. The van der Waals surface area contributed by atoms with Gasteiger partial charge in [-0.05, 0) is 61.5 Å². The third kappa shape index (κ3) is 5.10. The highest BCUT2D eigenvalue weighted by atomic mass is 32.2. The minimum atomic E-state index is -4.77. The summed E-state index contributed by atoms with van der Waals surface area (Å²) >= 11 is -0.911. The van der Waals surface area contributed by atoms with Gasteiger partial charge in [0.1, 0.15) is 23.4 Å². The van der Waals surface area contributed by atoms with Crippen molar-refractivity contribution in [2.24, 2.45) is 0 Å². The van der Waals surface area contributed by atoms with Crippen molar-refractivity contribution < 1.29 is 31.8 Å². The first-order chi connectivity index (χ1) is 15.9. The number of rotatable bonds is 5. The third-order valence-electron chi connectivity index (χ3n) is 4.87. The van der Waals surface area contributed by atoms with Gasteiger partial charge in [-0.15, -0.1) is 5.06 Å². The Bertz CT molecular complexity index is 1270. The highest BCUT2D eigenvalue weighted by Crippen LogP contribution is 2.37. The lowest BCUT2D eigenvalue weighted by atomic mass is 9.92. The van der Waals surface area contributed by atoms with E-state index in [4.69, 9.17) is 4.74 Å². The molecule has 0 spiro atoms. The fourth-order valence-corrected chi connectivity index (χ4v) is 3.87. The molecule has 0 N–H and O–H groups in total. The van der Waals surface area contributed by atoms with E-state index >= 15 is 0 Å². The summed E-state index contributed by atoms with van der Waals surface area (Å²) in [6.07, 6.45) is 3.73. The molecule has 0 bridgehead atoms. The van der Waals surface area contributed by atoms with E-state index in [1.54, 1.807) is 18.2 Å². The van der Waals surface area contributed by atoms with Crippen molar-refractivity contribution in [1.82, 2.24) is 5.06 Å². The van der Waals surface area contributed by atoms with E-state index in [2.05, 4.69) is 4.28 Å². The van der Waals surface area contributed by atoms with Gasteiger partial charge in [-0.2, -0.15) is 17.5 Å². The molecular weight excluding hydrogens is 467 g/mol. The number of hydrogen-bond acceptors (Lipinski definition) is 5. The molecule has 9 heteroatoms. The van der Waals surface area contributed by atoms with Gasteiger partial charge in [0.15, 0.2) is 0 Å².